The summed E-state index contributed by atoms with van der Waals surface area (Å²) in [7, 11) is 0. The number of hydrogen-bond acceptors (Lipinski definition) is 2. The zero-order chi connectivity index (χ0) is 41.9. The molecule has 0 fully saturated rings. The molecule has 0 saturated carbocycles. The quantitative estimate of drug-likeness (QED) is 0.173. The lowest BCUT2D eigenvalue weighted by Gasteiger charge is -2.32. The maximum Gasteiger partial charge on any atom is 0.140 e. The second-order valence-electron chi connectivity index (χ2n) is 17.2. The topological polar surface area (TPSA) is 21.3 Å². The van der Waals surface area contributed by atoms with E-state index in [1.807, 2.05) is 0 Å². The molecule has 12 aromatic rings. The zero-order valence-electron chi connectivity index (χ0n) is 34.7. The largest absolute Gasteiger partial charge is 0.456 e. The third kappa shape index (κ3) is 4.76. The SMILES string of the molecule is c1ccc(N(c2ccc3c(c2)C2(c4ccccc4-c4ccc(-c5ccc(-n6c7ccccc7c7ccccc76)cc5)cc42)c2c-3oc3ccccc23)c2cccc3ccccc23)cc1. The fourth-order valence-corrected chi connectivity index (χ4v) is 11.4. The van der Waals surface area contributed by atoms with E-state index in [1.54, 1.807) is 0 Å². The Bertz CT molecular complexity index is 3800. The summed E-state index contributed by atoms with van der Waals surface area (Å²) in [6, 6.07) is 84.4. The van der Waals surface area contributed by atoms with Gasteiger partial charge in [0.2, 0.25) is 0 Å². The lowest BCUT2D eigenvalue weighted by molar-refractivity contribution is 0.628. The van der Waals surface area contributed by atoms with Crippen LogP contribution in [0.1, 0.15) is 22.3 Å². The summed E-state index contributed by atoms with van der Waals surface area (Å²) in [4.78, 5) is 2.42. The van der Waals surface area contributed by atoms with Crippen LogP contribution in [0.25, 0.3) is 82.8 Å². The molecule has 2 aliphatic carbocycles. The normalized spacial score (nSPS) is 14.6. The zero-order valence-corrected chi connectivity index (χ0v) is 34.7. The lowest BCUT2D eigenvalue weighted by atomic mass is 9.69. The van der Waals surface area contributed by atoms with Gasteiger partial charge in [0.1, 0.15) is 11.3 Å². The molecular formula is C61H38N2O. The molecule has 0 saturated heterocycles. The summed E-state index contributed by atoms with van der Waals surface area (Å²) in [6.45, 7) is 0. The molecule has 2 heterocycles. The van der Waals surface area contributed by atoms with Crippen molar-refractivity contribution in [3.05, 3.63) is 253 Å². The Kier molecular flexibility index (Phi) is 7.32. The Morgan fingerprint density at radius 3 is 1.81 bits per heavy atom. The highest BCUT2D eigenvalue weighted by molar-refractivity contribution is 6.09. The van der Waals surface area contributed by atoms with E-state index in [-0.39, 0.29) is 0 Å². The van der Waals surface area contributed by atoms with Crippen molar-refractivity contribution < 1.29 is 4.42 Å². The Morgan fingerprint density at radius 1 is 0.391 bits per heavy atom. The Morgan fingerprint density at radius 2 is 1.00 bits per heavy atom. The first-order valence-electron chi connectivity index (χ1n) is 22.1. The first-order chi connectivity index (χ1) is 31.8. The number of benzene rings is 10. The monoisotopic (exact) mass is 814 g/mol. The number of anilines is 3. The predicted molar refractivity (Wildman–Crippen MR) is 264 cm³/mol. The van der Waals surface area contributed by atoms with Crippen LogP contribution >= 0.6 is 0 Å². The van der Waals surface area contributed by atoms with Crippen LogP contribution in [0.2, 0.25) is 0 Å². The first-order valence-corrected chi connectivity index (χ1v) is 22.1. The van der Waals surface area contributed by atoms with E-state index in [9.17, 15) is 0 Å². The molecule has 1 spiro atoms. The van der Waals surface area contributed by atoms with Gasteiger partial charge in [-0.3, -0.25) is 0 Å². The average Bonchev–Trinajstić information content (AvgIpc) is 4.08. The van der Waals surface area contributed by atoms with Gasteiger partial charge in [0.05, 0.1) is 22.1 Å². The van der Waals surface area contributed by atoms with Crippen molar-refractivity contribution in [1.82, 2.24) is 4.57 Å². The van der Waals surface area contributed by atoms with E-state index in [0.717, 1.165) is 45.0 Å². The highest BCUT2D eigenvalue weighted by Crippen LogP contribution is 2.65. The van der Waals surface area contributed by atoms with Gasteiger partial charge in [-0.1, -0.05) is 158 Å². The third-order valence-corrected chi connectivity index (χ3v) is 14.0. The fourth-order valence-electron chi connectivity index (χ4n) is 11.4. The maximum absolute atomic E-state index is 6.99. The third-order valence-electron chi connectivity index (χ3n) is 14.0. The molecule has 0 N–H and O–H groups in total. The van der Waals surface area contributed by atoms with Gasteiger partial charge in [-0.25, -0.2) is 0 Å². The second kappa shape index (κ2) is 13.3. The van der Waals surface area contributed by atoms with Crippen molar-refractivity contribution in [2.45, 2.75) is 5.41 Å². The molecule has 0 bridgehead atoms. The standard InChI is InChI=1S/C61H38N2O/c1-2-17-42(18-3-1)62(55-27-14-16-40-15-4-5-19-45(40)55)44-34-36-50-54(38-44)61(59-51-23-9-13-28-58(51)64-60(50)59)52-24-10-6-20-46(52)47-35-31-41(37-53(47)61)39-29-32-43(33-30-39)63-56-25-11-7-21-48(56)49-22-8-12-26-57(49)63/h1-38H. The molecule has 0 radical (unpaired) electrons. The van der Waals surface area contributed by atoms with Crippen LogP contribution in [0.3, 0.4) is 0 Å². The minimum atomic E-state index is -0.640. The molecule has 2 aromatic heterocycles. The van der Waals surface area contributed by atoms with Gasteiger partial charge in [0, 0.05) is 49.7 Å². The average molecular weight is 815 g/mol. The number of hydrogen-bond donors (Lipinski definition) is 0. The molecule has 2 aliphatic rings. The maximum atomic E-state index is 6.99. The molecule has 3 nitrogen and oxygen atoms in total. The molecule has 1 atom stereocenters. The minimum Gasteiger partial charge on any atom is -0.456 e. The Balaban J connectivity index is 1.00. The number of fused-ring (bicyclic) bond motifs is 16. The number of para-hydroxylation sites is 4. The van der Waals surface area contributed by atoms with E-state index < -0.39 is 5.41 Å². The van der Waals surface area contributed by atoms with Crippen molar-refractivity contribution in [3.8, 4) is 39.3 Å². The summed E-state index contributed by atoms with van der Waals surface area (Å²) >= 11 is 0. The minimum absolute atomic E-state index is 0.640. The first kappa shape index (κ1) is 35.2. The van der Waals surface area contributed by atoms with Gasteiger partial charge in [-0.2, -0.15) is 0 Å². The van der Waals surface area contributed by atoms with E-state index >= 15 is 0 Å². The van der Waals surface area contributed by atoms with Gasteiger partial charge in [-0.05, 0) is 117 Å². The van der Waals surface area contributed by atoms with Crippen molar-refractivity contribution in [3.63, 3.8) is 0 Å². The van der Waals surface area contributed by atoms with E-state index in [0.29, 0.717) is 0 Å². The van der Waals surface area contributed by atoms with Crippen molar-refractivity contribution >= 4 is 60.6 Å². The predicted octanol–water partition coefficient (Wildman–Crippen LogP) is 16.2. The van der Waals surface area contributed by atoms with Crippen LogP contribution in [-0.4, -0.2) is 4.57 Å². The number of furan rings is 1. The number of aromatic nitrogens is 1. The molecule has 14 rings (SSSR count). The molecule has 298 valence electrons. The number of nitrogens with zero attached hydrogens (tertiary/aromatic N) is 2. The lowest BCUT2D eigenvalue weighted by Crippen LogP contribution is -2.26. The van der Waals surface area contributed by atoms with Gasteiger partial charge >= 0.3 is 0 Å². The highest BCUT2D eigenvalue weighted by atomic mass is 16.3. The summed E-state index contributed by atoms with van der Waals surface area (Å²) in [6.07, 6.45) is 0. The molecule has 0 amide bonds. The Labute approximate surface area is 370 Å². The number of rotatable bonds is 5. The van der Waals surface area contributed by atoms with Crippen LogP contribution in [-0.2, 0) is 5.41 Å². The van der Waals surface area contributed by atoms with E-state index in [1.165, 1.54) is 77.1 Å². The van der Waals surface area contributed by atoms with Gasteiger partial charge in [-0.15, -0.1) is 0 Å². The second-order valence-corrected chi connectivity index (χ2v) is 17.2. The van der Waals surface area contributed by atoms with Crippen molar-refractivity contribution in [2.75, 3.05) is 4.90 Å². The Hall–Kier alpha value is -8.40. The van der Waals surface area contributed by atoms with Crippen molar-refractivity contribution in [2.24, 2.45) is 0 Å². The summed E-state index contributed by atoms with van der Waals surface area (Å²) in [5.74, 6) is 0.947. The van der Waals surface area contributed by atoms with Gasteiger partial charge in [0.25, 0.3) is 0 Å². The van der Waals surface area contributed by atoms with Gasteiger partial charge in [0.15, 0.2) is 0 Å². The summed E-state index contributed by atoms with van der Waals surface area (Å²) in [5.41, 5.74) is 18.2. The fraction of sp³-hybridized carbons (Fsp3) is 0.0164. The van der Waals surface area contributed by atoms with Crippen LogP contribution < -0.4 is 4.90 Å². The van der Waals surface area contributed by atoms with E-state index in [4.69, 9.17) is 4.42 Å². The molecular weight excluding hydrogens is 777 g/mol. The van der Waals surface area contributed by atoms with Crippen LogP contribution in [0.4, 0.5) is 17.1 Å². The molecule has 1 unspecified atom stereocenters. The smallest absolute Gasteiger partial charge is 0.140 e. The van der Waals surface area contributed by atoms with Gasteiger partial charge < -0.3 is 13.9 Å². The molecule has 3 heteroatoms. The summed E-state index contributed by atoms with van der Waals surface area (Å²) < 4.78 is 9.38. The molecule has 64 heavy (non-hydrogen) atoms. The summed E-state index contributed by atoms with van der Waals surface area (Å²) in [5, 5.41) is 6.08. The highest BCUT2D eigenvalue weighted by Gasteiger charge is 2.54. The van der Waals surface area contributed by atoms with E-state index in [2.05, 4.69) is 240 Å². The van der Waals surface area contributed by atoms with Crippen molar-refractivity contribution in [1.29, 1.82) is 0 Å². The molecule has 0 aliphatic heterocycles. The van der Waals surface area contributed by atoms with Crippen LogP contribution in [0.5, 0.6) is 0 Å². The van der Waals surface area contributed by atoms with Crippen LogP contribution in [0.15, 0.2) is 235 Å². The van der Waals surface area contributed by atoms with Crippen LogP contribution in [0, 0.1) is 0 Å². The molecule has 10 aromatic carbocycles.